The van der Waals surface area contributed by atoms with Crippen LogP contribution in [0, 0.1) is 0 Å². The minimum absolute atomic E-state index is 0.149. The summed E-state index contributed by atoms with van der Waals surface area (Å²) in [7, 11) is 0. The van der Waals surface area contributed by atoms with Crippen molar-refractivity contribution in [3.8, 4) is 17.6 Å². The number of aromatic hydroxyl groups is 1. The normalized spacial score (nSPS) is 10.2. The van der Waals surface area contributed by atoms with E-state index in [2.05, 4.69) is 20.4 Å². The second-order valence-corrected chi connectivity index (χ2v) is 4.19. The Morgan fingerprint density at radius 2 is 2.05 bits per heavy atom. The molecule has 0 radical (unpaired) electrons. The minimum Gasteiger partial charge on any atom is -0.491 e. The number of nitrogens with one attached hydrogen (secondary N) is 1. The van der Waals surface area contributed by atoms with Crippen molar-refractivity contribution in [3.05, 3.63) is 55.0 Å². The Morgan fingerprint density at radius 3 is 2.73 bits per heavy atom. The zero-order valence-electron chi connectivity index (χ0n) is 11.2. The van der Waals surface area contributed by atoms with Gasteiger partial charge in [-0.2, -0.15) is 10.1 Å². The number of anilines is 1. The van der Waals surface area contributed by atoms with Crippen LogP contribution in [0.2, 0.25) is 0 Å². The van der Waals surface area contributed by atoms with Crippen LogP contribution in [-0.2, 0) is 0 Å². The Labute approximate surface area is 125 Å². The summed E-state index contributed by atoms with van der Waals surface area (Å²) < 4.78 is 6.34. The molecule has 3 aromatic rings. The Morgan fingerprint density at radius 1 is 1.23 bits per heavy atom. The minimum atomic E-state index is -0.753. The van der Waals surface area contributed by atoms with Crippen molar-refractivity contribution in [1.29, 1.82) is 0 Å². The highest BCUT2D eigenvalue weighted by molar-refractivity contribution is 5.86. The lowest BCUT2D eigenvalue weighted by Crippen LogP contribution is -2.17. The van der Waals surface area contributed by atoms with Gasteiger partial charge in [0, 0.05) is 18.1 Å². The smallest absolute Gasteiger partial charge is 0.417 e. The Balaban J connectivity index is 1.71. The maximum atomic E-state index is 11.7. The predicted molar refractivity (Wildman–Crippen MR) is 76.9 cm³/mol. The summed E-state index contributed by atoms with van der Waals surface area (Å²) in [5.74, 6) is -0.439. The maximum Gasteiger partial charge on any atom is 0.417 e. The van der Waals surface area contributed by atoms with E-state index in [0.717, 1.165) is 0 Å². The molecular formula is C14H11N5O3. The van der Waals surface area contributed by atoms with E-state index < -0.39 is 12.0 Å². The molecule has 2 aromatic heterocycles. The maximum absolute atomic E-state index is 11.7. The molecule has 0 unspecified atom stereocenters. The zero-order valence-corrected chi connectivity index (χ0v) is 11.2. The van der Waals surface area contributed by atoms with Crippen molar-refractivity contribution in [2.75, 3.05) is 5.32 Å². The van der Waals surface area contributed by atoms with Gasteiger partial charge in [-0.3, -0.25) is 5.32 Å². The first-order chi connectivity index (χ1) is 10.7. The molecule has 0 aliphatic heterocycles. The molecule has 1 aromatic carbocycles. The van der Waals surface area contributed by atoms with E-state index in [1.807, 2.05) is 6.07 Å². The monoisotopic (exact) mass is 297 g/mol. The van der Waals surface area contributed by atoms with Gasteiger partial charge in [0.25, 0.3) is 11.8 Å². The van der Waals surface area contributed by atoms with Crippen LogP contribution in [0.4, 0.5) is 10.5 Å². The largest absolute Gasteiger partial charge is 0.491 e. The predicted octanol–water partition coefficient (Wildman–Crippen LogP) is 1.98. The van der Waals surface area contributed by atoms with Gasteiger partial charge >= 0.3 is 6.09 Å². The molecule has 0 atom stereocenters. The third-order valence-electron chi connectivity index (χ3n) is 2.66. The lowest BCUT2D eigenvalue weighted by Gasteiger charge is -2.07. The van der Waals surface area contributed by atoms with Crippen LogP contribution in [-0.4, -0.2) is 30.9 Å². The highest BCUT2D eigenvalue weighted by Crippen LogP contribution is 2.23. The number of hydrogen-bond acceptors (Lipinski definition) is 6. The van der Waals surface area contributed by atoms with Crippen molar-refractivity contribution in [2.24, 2.45) is 0 Å². The summed E-state index contributed by atoms with van der Waals surface area (Å²) in [6.07, 6.45) is 3.62. The third kappa shape index (κ3) is 3.01. The van der Waals surface area contributed by atoms with Gasteiger partial charge in [-0.05, 0) is 18.2 Å². The molecule has 3 rings (SSSR count). The summed E-state index contributed by atoms with van der Waals surface area (Å²) in [6, 6.07) is 10.5. The molecule has 0 bridgehead atoms. The first-order valence-corrected chi connectivity index (χ1v) is 6.32. The molecule has 0 aliphatic rings. The van der Waals surface area contributed by atoms with Crippen LogP contribution >= 0.6 is 0 Å². The molecule has 2 heterocycles. The molecule has 110 valence electrons. The molecule has 0 fully saturated rings. The van der Waals surface area contributed by atoms with Crippen LogP contribution in [0.25, 0.3) is 5.95 Å². The molecule has 0 aliphatic carbocycles. The van der Waals surface area contributed by atoms with Crippen LogP contribution in [0.3, 0.4) is 0 Å². The molecule has 2 N–H and O–H groups in total. The SMILES string of the molecule is O=C(Nc1ccccc1)Oc1cnc(-n2cccn2)nc1O. The van der Waals surface area contributed by atoms with Gasteiger partial charge in [-0.15, -0.1) is 0 Å². The molecule has 0 saturated carbocycles. The van der Waals surface area contributed by atoms with Gasteiger partial charge in [-0.25, -0.2) is 14.5 Å². The van der Waals surface area contributed by atoms with Crippen molar-refractivity contribution in [1.82, 2.24) is 19.7 Å². The number of carbonyl (C=O) groups is 1. The van der Waals surface area contributed by atoms with E-state index in [1.54, 1.807) is 42.7 Å². The third-order valence-corrected chi connectivity index (χ3v) is 2.66. The van der Waals surface area contributed by atoms with Crippen molar-refractivity contribution < 1.29 is 14.6 Å². The van der Waals surface area contributed by atoms with E-state index in [0.29, 0.717) is 5.69 Å². The number of aromatic nitrogens is 4. The number of rotatable bonds is 3. The number of benzene rings is 1. The molecular weight excluding hydrogens is 286 g/mol. The first kappa shape index (κ1) is 13.6. The topological polar surface area (TPSA) is 102 Å². The van der Waals surface area contributed by atoms with Crippen LogP contribution < -0.4 is 10.1 Å². The highest BCUT2D eigenvalue weighted by Gasteiger charge is 2.13. The zero-order chi connectivity index (χ0) is 15.4. The highest BCUT2D eigenvalue weighted by atomic mass is 16.6. The van der Waals surface area contributed by atoms with E-state index in [1.165, 1.54) is 10.9 Å². The summed E-state index contributed by atoms with van der Waals surface area (Å²) in [5, 5.41) is 16.3. The van der Waals surface area contributed by atoms with Gasteiger partial charge in [0.05, 0.1) is 6.20 Å². The number of para-hydroxylation sites is 1. The Bertz CT molecular complexity index is 774. The second kappa shape index (κ2) is 5.92. The van der Waals surface area contributed by atoms with Gasteiger partial charge < -0.3 is 9.84 Å². The van der Waals surface area contributed by atoms with Gasteiger partial charge in [0.1, 0.15) is 0 Å². The van der Waals surface area contributed by atoms with Gasteiger partial charge in [-0.1, -0.05) is 18.2 Å². The van der Waals surface area contributed by atoms with E-state index >= 15 is 0 Å². The van der Waals surface area contributed by atoms with Crippen LogP contribution in [0.15, 0.2) is 55.0 Å². The van der Waals surface area contributed by atoms with E-state index in [-0.39, 0.29) is 11.7 Å². The fraction of sp³-hybridized carbons (Fsp3) is 0. The van der Waals surface area contributed by atoms with Crippen molar-refractivity contribution in [3.63, 3.8) is 0 Å². The summed E-state index contributed by atoms with van der Waals surface area (Å²) >= 11 is 0. The summed E-state index contributed by atoms with van der Waals surface area (Å²) in [6.45, 7) is 0. The fourth-order valence-corrected chi connectivity index (χ4v) is 1.69. The number of ether oxygens (including phenoxy) is 1. The molecule has 0 spiro atoms. The standard InChI is InChI=1S/C14H11N5O3/c20-12-11(9-15-13(18-12)19-8-4-7-16-19)22-14(21)17-10-5-2-1-3-6-10/h1-9H,(H,17,21)(H,15,18,20). The summed E-state index contributed by atoms with van der Waals surface area (Å²) in [4.78, 5) is 19.5. The Kier molecular flexibility index (Phi) is 3.65. The molecule has 22 heavy (non-hydrogen) atoms. The lowest BCUT2D eigenvalue weighted by atomic mass is 10.3. The molecule has 8 heteroatoms. The van der Waals surface area contributed by atoms with Crippen molar-refractivity contribution >= 4 is 11.8 Å². The van der Waals surface area contributed by atoms with Crippen LogP contribution in [0.5, 0.6) is 11.6 Å². The van der Waals surface area contributed by atoms with E-state index in [9.17, 15) is 9.90 Å². The van der Waals surface area contributed by atoms with Gasteiger partial charge in [0.2, 0.25) is 5.75 Å². The second-order valence-electron chi connectivity index (χ2n) is 4.19. The summed E-state index contributed by atoms with van der Waals surface area (Å²) in [5.41, 5.74) is 0.570. The average Bonchev–Trinajstić information content (AvgIpc) is 3.04. The Hall–Kier alpha value is -3.42. The number of hydrogen-bond donors (Lipinski definition) is 2. The fourth-order valence-electron chi connectivity index (χ4n) is 1.69. The van der Waals surface area contributed by atoms with Gasteiger partial charge in [0.15, 0.2) is 0 Å². The first-order valence-electron chi connectivity index (χ1n) is 6.32. The number of nitrogens with zero attached hydrogens (tertiary/aromatic N) is 4. The quantitative estimate of drug-likeness (QED) is 0.766. The molecule has 0 saturated heterocycles. The molecule has 1 amide bonds. The molecule has 8 nitrogen and oxygen atoms in total. The van der Waals surface area contributed by atoms with Crippen molar-refractivity contribution in [2.45, 2.75) is 0 Å². The number of carbonyl (C=O) groups excluding carboxylic acids is 1. The number of amides is 1. The lowest BCUT2D eigenvalue weighted by molar-refractivity contribution is 0.212. The van der Waals surface area contributed by atoms with E-state index in [4.69, 9.17) is 4.74 Å². The van der Waals surface area contributed by atoms with Crippen LogP contribution in [0.1, 0.15) is 0 Å². The average molecular weight is 297 g/mol.